The molecule has 3 rings (SSSR count). The number of aromatic nitrogens is 2. The van der Waals surface area contributed by atoms with Gasteiger partial charge in [-0.15, -0.1) is 0 Å². The van der Waals surface area contributed by atoms with Gasteiger partial charge in [0.2, 0.25) is 10.0 Å². The highest BCUT2D eigenvalue weighted by atomic mass is 32.2. The van der Waals surface area contributed by atoms with Crippen molar-refractivity contribution in [3.05, 3.63) is 54.1 Å². The standard InChI is InChI=1S/C15H13N3O4S2/c19-14(20)9-12(10-5-2-1-3-6-10)18-24(21,22)13-8-4-7-11-15(13)17-23-16-11/h1-8,12,18H,9H2,(H,19,20)/t12-/m1/s1. The zero-order valence-electron chi connectivity index (χ0n) is 12.3. The van der Waals surface area contributed by atoms with Crippen LogP contribution in [0.4, 0.5) is 0 Å². The molecule has 0 saturated heterocycles. The van der Waals surface area contributed by atoms with Gasteiger partial charge in [0.15, 0.2) is 0 Å². The minimum Gasteiger partial charge on any atom is -0.481 e. The molecular weight excluding hydrogens is 350 g/mol. The maximum Gasteiger partial charge on any atom is 0.305 e. The predicted octanol–water partition coefficient (Wildman–Crippen LogP) is 2.19. The number of hydrogen-bond donors (Lipinski definition) is 2. The number of benzene rings is 2. The molecule has 1 aromatic heterocycles. The highest BCUT2D eigenvalue weighted by molar-refractivity contribution is 7.89. The average molecular weight is 363 g/mol. The Bertz CT molecular complexity index is 971. The molecule has 0 bridgehead atoms. The maximum absolute atomic E-state index is 12.7. The van der Waals surface area contributed by atoms with Gasteiger partial charge in [0.05, 0.1) is 24.2 Å². The normalized spacial score (nSPS) is 13.0. The number of sulfonamides is 1. The van der Waals surface area contributed by atoms with Gasteiger partial charge in [-0.1, -0.05) is 36.4 Å². The molecule has 0 unspecified atom stereocenters. The summed E-state index contributed by atoms with van der Waals surface area (Å²) in [4.78, 5) is 11.1. The summed E-state index contributed by atoms with van der Waals surface area (Å²) in [6, 6.07) is 12.4. The number of carboxylic acid groups (broad SMARTS) is 1. The van der Waals surface area contributed by atoms with Gasteiger partial charge in [-0.25, -0.2) is 13.1 Å². The van der Waals surface area contributed by atoms with Crippen LogP contribution in [0.3, 0.4) is 0 Å². The summed E-state index contributed by atoms with van der Waals surface area (Å²) in [5, 5.41) is 9.10. The molecule has 0 fully saturated rings. The Kier molecular flexibility index (Phi) is 4.56. The molecule has 9 heteroatoms. The smallest absolute Gasteiger partial charge is 0.305 e. The molecule has 0 radical (unpaired) electrons. The van der Waals surface area contributed by atoms with Crippen LogP contribution in [-0.2, 0) is 14.8 Å². The third-order valence-electron chi connectivity index (χ3n) is 3.42. The van der Waals surface area contributed by atoms with Crippen molar-refractivity contribution in [2.75, 3.05) is 0 Å². The number of rotatable bonds is 6. The van der Waals surface area contributed by atoms with Gasteiger partial charge in [-0.2, -0.15) is 8.75 Å². The molecule has 1 atom stereocenters. The van der Waals surface area contributed by atoms with Gasteiger partial charge in [0.1, 0.15) is 15.9 Å². The fraction of sp³-hybridized carbons (Fsp3) is 0.133. The van der Waals surface area contributed by atoms with Gasteiger partial charge in [0, 0.05) is 0 Å². The zero-order chi connectivity index (χ0) is 17.2. The lowest BCUT2D eigenvalue weighted by molar-refractivity contribution is -0.137. The number of nitrogens with zero attached hydrogens (tertiary/aromatic N) is 2. The zero-order valence-corrected chi connectivity index (χ0v) is 13.9. The average Bonchev–Trinajstić information content (AvgIpc) is 3.02. The molecule has 0 aliphatic carbocycles. The van der Waals surface area contributed by atoms with Crippen molar-refractivity contribution in [2.24, 2.45) is 0 Å². The second-order valence-electron chi connectivity index (χ2n) is 5.07. The van der Waals surface area contributed by atoms with Gasteiger partial charge in [-0.05, 0) is 17.7 Å². The van der Waals surface area contributed by atoms with E-state index in [1.54, 1.807) is 42.5 Å². The van der Waals surface area contributed by atoms with Crippen molar-refractivity contribution >= 4 is 38.8 Å². The van der Waals surface area contributed by atoms with Crippen molar-refractivity contribution in [3.8, 4) is 0 Å². The lowest BCUT2D eigenvalue weighted by Crippen LogP contribution is -2.30. The minimum atomic E-state index is -3.96. The predicted molar refractivity (Wildman–Crippen MR) is 89.2 cm³/mol. The molecule has 1 heterocycles. The van der Waals surface area contributed by atoms with E-state index >= 15 is 0 Å². The number of hydrogen-bond acceptors (Lipinski definition) is 6. The Labute approximate surface area is 142 Å². The number of nitrogens with one attached hydrogen (secondary N) is 1. The molecule has 0 aliphatic heterocycles. The van der Waals surface area contributed by atoms with Gasteiger partial charge < -0.3 is 5.11 Å². The van der Waals surface area contributed by atoms with Gasteiger partial charge >= 0.3 is 5.97 Å². The van der Waals surface area contributed by atoms with Crippen LogP contribution in [0.15, 0.2) is 53.4 Å². The highest BCUT2D eigenvalue weighted by Crippen LogP contribution is 2.24. The van der Waals surface area contributed by atoms with Crippen LogP contribution in [0.5, 0.6) is 0 Å². The minimum absolute atomic E-state index is 0.0138. The molecule has 3 aromatic rings. The van der Waals surface area contributed by atoms with Crippen molar-refractivity contribution in [1.29, 1.82) is 0 Å². The summed E-state index contributed by atoms with van der Waals surface area (Å²) in [5.74, 6) is -1.10. The molecule has 7 nitrogen and oxygen atoms in total. The quantitative estimate of drug-likeness (QED) is 0.695. The topological polar surface area (TPSA) is 109 Å². The van der Waals surface area contributed by atoms with Crippen molar-refractivity contribution in [2.45, 2.75) is 17.4 Å². The van der Waals surface area contributed by atoms with Crippen LogP contribution < -0.4 is 4.72 Å². The van der Waals surface area contributed by atoms with E-state index in [9.17, 15) is 13.2 Å². The lowest BCUT2D eigenvalue weighted by Gasteiger charge is -2.17. The Hall–Kier alpha value is -2.36. The van der Waals surface area contributed by atoms with Crippen LogP contribution in [0.25, 0.3) is 11.0 Å². The number of carboxylic acids is 1. The fourth-order valence-corrected chi connectivity index (χ4v) is 4.33. The third kappa shape index (κ3) is 3.42. The first-order chi connectivity index (χ1) is 11.5. The van der Waals surface area contributed by atoms with Gasteiger partial charge in [0.25, 0.3) is 0 Å². The van der Waals surface area contributed by atoms with Crippen LogP contribution in [-0.4, -0.2) is 28.2 Å². The summed E-state index contributed by atoms with van der Waals surface area (Å²) in [6.45, 7) is 0. The molecule has 0 aliphatic rings. The SMILES string of the molecule is O=C(O)C[C@@H](NS(=O)(=O)c1cccc2nsnc12)c1ccccc1. The molecule has 0 spiro atoms. The van der Waals surface area contributed by atoms with Crippen molar-refractivity contribution in [1.82, 2.24) is 13.5 Å². The Morgan fingerprint density at radius 1 is 1.12 bits per heavy atom. The third-order valence-corrected chi connectivity index (χ3v) is 5.46. The van der Waals surface area contributed by atoms with E-state index in [1.165, 1.54) is 6.07 Å². The highest BCUT2D eigenvalue weighted by Gasteiger charge is 2.26. The fourth-order valence-electron chi connectivity index (χ4n) is 2.34. The van der Waals surface area contributed by atoms with E-state index < -0.39 is 22.0 Å². The summed E-state index contributed by atoms with van der Waals surface area (Å²) in [7, 11) is -3.96. The first kappa shape index (κ1) is 16.5. The molecule has 24 heavy (non-hydrogen) atoms. The second-order valence-corrected chi connectivity index (χ2v) is 7.28. The lowest BCUT2D eigenvalue weighted by atomic mass is 10.1. The van der Waals surface area contributed by atoms with Gasteiger partial charge in [-0.3, -0.25) is 4.79 Å². The Balaban J connectivity index is 1.99. The summed E-state index contributed by atoms with van der Waals surface area (Å²) < 4.78 is 36.0. The summed E-state index contributed by atoms with van der Waals surface area (Å²) >= 11 is 0.923. The maximum atomic E-state index is 12.7. The molecular formula is C15H13N3O4S2. The molecule has 0 saturated carbocycles. The summed E-state index contributed by atoms with van der Waals surface area (Å²) in [6.07, 6.45) is -0.367. The second kappa shape index (κ2) is 6.63. The van der Waals surface area contributed by atoms with E-state index in [0.717, 1.165) is 11.7 Å². The molecule has 124 valence electrons. The molecule has 2 N–H and O–H groups in total. The van der Waals surface area contributed by atoms with Crippen molar-refractivity contribution in [3.63, 3.8) is 0 Å². The van der Waals surface area contributed by atoms with E-state index in [0.29, 0.717) is 11.1 Å². The monoisotopic (exact) mass is 363 g/mol. The van der Waals surface area contributed by atoms with E-state index in [2.05, 4.69) is 13.5 Å². The van der Waals surface area contributed by atoms with Crippen LogP contribution in [0, 0.1) is 0 Å². The Morgan fingerprint density at radius 3 is 2.58 bits per heavy atom. The number of fused-ring (bicyclic) bond motifs is 1. The molecule has 2 aromatic carbocycles. The first-order valence-electron chi connectivity index (χ1n) is 6.98. The summed E-state index contributed by atoms with van der Waals surface area (Å²) in [5.41, 5.74) is 1.33. The van der Waals surface area contributed by atoms with Crippen LogP contribution in [0.1, 0.15) is 18.0 Å². The van der Waals surface area contributed by atoms with E-state index in [1.807, 2.05) is 0 Å². The van der Waals surface area contributed by atoms with Crippen LogP contribution in [0.2, 0.25) is 0 Å². The molecule has 0 amide bonds. The Morgan fingerprint density at radius 2 is 1.88 bits per heavy atom. The first-order valence-corrected chi connectivity index (χ1v) is 9.19. The van der Waals surface area contributed by atoms with Crippen molar-refractivity contribution < 1.29 is 18.3 Å². The number of aliphatic carboxylic acids is 1. The van der Waals surface area contributed by atoms with E-state index in [-0.39, 0.29) is 16.8 Å². The van der Waals surface area contributed by atoms with Crippen LogP contribution >= 0.6 is 11.7 Å². The van der Waals surface area contributed by atoms with E-state index in [4.69, 9.17) is 5.11 Å². The number of carbonyl (C=O) groups is 1. The largest absolute Gasteiger partial charge is 0.481 e.